The van der Waals surface area contributed by atoms with Crippen molar-refractivity contribution in [2.45, 2.75) is 19.0 Å². The number of carbonyl (C=O) groups excluding carboxylic acids is 3. The second-order valence-corrected chi connectivity index (χ2v) is 9.20. The third-order valence-electron chi connectivity index (χ3n) is 6.59. The summed E-state index contributed by atoms with van der Waals surface area (Å²) in [4.78, 5) is 55.6. The smallest absolute Gasteiger partial charge is 0.407 e. The van der Waals surface area contributed by atoms with Gasteiger partial charge in [-0.1, -0.05) is 12.1 Å². The molecule has 1 aliphatic rings. The number of carbonyl (C=O) groups is 4. The monoisotopic (exact) mass is 580 g/mol. The van der Waals surface area contributed by atoms with Crippen molar-refractivity contribution in [1.82, 2.24) is 20.5 Å². The van der Waals surface area contributed by atoms with Gasteiger partial charge in [0.25, 0.3) is 11.8 Å². The Kier molecular flexibility index (Phi) is 9.65. The first-order chi connectivity index (χ1) is 20.2. The Hall–Kier alpha value is -5.04. The van der Waals surface area contributed by atoms with E-state index < -0.39 is 41.6 Å². The third kappa shape index (κ3) is 6.81. The first-order valence-electron chi connectivity index (χ1n) is 12.9. The van der Waals surface area contributed by atoms with Crippen LogP contribution in [0.5, 0.6) is 11.5 Å². The van der Waals surface area contributed by atoms with Gasteiger partial charge in [0.1, 0.15) is 11.3 Å². The highest BCUT2D eigenvalue weighted by Crippen LogP contribution is 2.31. The molecule has 1 fully saturated rings. The number of nitrogens with zero attached hydrogens (tertiary/aromatic N) is 2. The van der Waals surface area contributed by atoms with Crippen LogP contribution in [0.2, 0.25) is 0 Å². The van der Waals surface area contributed by atoms with Gasteiger partial charge in [0.05, 0.1) is 19.2 Å². The minimum atomic E-state index is -1.19. The highest BCUT2D eigenvalue weighted by molar-refractivity contribution is 6.11. The predicted octanol–water partition coefficient (Wildman–Crippen LogP) is 2.72. The number of nitrogens with one attached hydrogen (secondary N) is 2. The number of methoxy groups -OCH3 is 1. The number of benzene rings is 2. The van der Waals surface area contributed by atoms with Gasteiger partial charge < -0.3 is 34.9 Å². The lowest BCUT2D eigenvalue weighted by molar-refractivity contribution is 0.0217. The summed E-state index contributed by atoms with van der Waals surface area (Å²) in [5.74, 6) is -2.76. The molecule has 13 heteroatoms. The van der Waals surface area contributed by atoms with E-state index in [1.54, 1.807) is 6.92 Å². The van der Waals surface area contributed by atoms with Crippen molar-refractivity contribution in [2.24, 2.45) is 0 Å². The molecule has 1 saturated heterocycles. The molecule has 0 spiro atoms. The van der Waals surface area contributed by atoms with Gasteiger partial charge in [-0.05, 0) is 43.3 Å². The van der Waals surface area contributed by atoms with Crippen molar-refractivity contribution < 1.29 is 42.9 Å². The summed E-state index contributed by atoms with van der Waals surface area (Å²) in [6, 6.07) is 9.85. The fourth-order valence-electron chi connectivity index (χ4n) is 4.39. The van der Waals surface area contributed by atoms with Crippen molar-refractivity contribution in [3.05, 3.63) is 89.0 Å². The lowest BCUT2D eigenvalue weighted by atomic mass is 10.00. The quantitative estimate of drug-likeness (QED) is 0.176. The molecule has 1 aliphatic heterocycles. The van der Waals surface area contributed by atoms with Crippen molar-refractivity contribution in [3.63, 3.8) is 0 Å². The third-order valence-corrected chi connectivity index (χ3v) is 6.59. The Balaban J connectivity index is 1.49. The van der Waals surface area contributed by atoms with E-state index in [-0.39, 0.29) is 48.1 Å². The van der Waals surface area contributed by atoms with Crippen LogP contribution >= 0.6 is 0 Å². The maximum Gasteiger partial charge on any atom is 0.407 e. The molecular weight excluding hydrogens is 551 g/mol. The van der Waals surface area contributed by atoms with Gasteiger partial charge in [-0.25, -0.2) is 9.18 Å². The number of amides is 3. The number of halogens is 1. The van der Waals surface area contributed by atoms with Crippen molar-refractivity contribution in [3.8, 4) is 11.5 Å². The van der Waals surface area contributed by atoms with Crippen LogP contribution in [0.4, 0.5) is 9.18 Å². The summed E-state index contributed by atoms with van der Waals surface area (Å²) in [6.45, 7) is 1.86. The zero-order valence-corrected chi connectivity index (χ0v) is 22.8. The fourth-order valence-corrected chi connectivity index (χ4v) is 4.39. The summed E-state index contributed by atoms with van der Waals surface area (Å²) in [5, 5.41) is 15.0. The molecule has 3 aromatic rings. The van der Waals surface area contributed by atoms with E-state index in [1.165, 1.54) is 68.0 Å². The molecule has 220 valence electrons. The van der Waals surface area contributed by atoms with Crippen molar-refractivity contribution >= 4 is 23.7 Å². The maximum absolute atomic E-state index is 15.1. The predicted molar refractivity (Wildman–Crippen MR) is 146 cm³/mol. The number of aromatic nitrogens is 1. The molecule has 0 saturated carbocycles. The van der Waals surface area contributed by atoms with Crippen LogP contribution < -0.4 is 20.1 Å². The standard InChI is InChI=1S/C29H29FN4O8/c1-3-41-16-42-22-8-9-23(40-2)25(30)24(22)26(35)17-4-6-18(7-5-17)27(36)32-20-14-34(29(38)39)15-21(20)33-28(37)19-10-12-31-13-11-19/h4-13,20-21H,3,14-16H2,1-2H3,(H,32,36)(H,33,37)(H,38,39)/t20-,21-/m1/s1. The Labute approximate surface area is 240 Å². The number of ether oxygens (including phenoxy) is 3. The van der Waals surface area contributed by atoms with Crippen LogP contribution in [-0.2, 0) is 4.74 Å². The topological polar surface area (TPSA) is 156 Å². The SMILES string of the molecule is CCOCOc1ccc(OC)c(F)c1C(=O)c1ccc(C(=O)N[C@@H]2CN(C(=O)O)C[C@H]2NC(=O)c2ccncc2)cc1. The lowest BCUT2D eigenvalue weighted by Crippen LogP contribution is -2.51. The normalized spacial score (nSPS) is 16.0. The Bertz CT molecular complexity index is 1450. The van der Waals surface area contributed by atoms with Gasteiger partial charge in [-0.15, -0.1) is 0 Å². The molecule has 3 N–H and O–H groups in total. The Morgan fingerprint density at radius 2 is 1.45 bits per heavy atom. The minimum Gasteiger partial charge on any atom is -0.494 e. The molecular formula is C29H29FN4O8. The van der Waals surface area contributed by atoms with E-state index in [1.807, 2.05) is 0 Å². The minimum absolute atomic E-state index is 0.0235. The molecule has 0 aliphatic carbocycles. The van der Waals surface area contributed by atoms with Gasteiger partial charge in [0.2, 0.25) is 0 Å². The molecule has 0 radical (unpaired) electrons. The van der Waals surface area contributed by atoms with Crippen LogP contribution in [0.1, 0.15) is 43.6 Å². The average Bonchev–Trinajstić information content (AvgIpc) is 3.39. The number of hydrogen-bond acceptors (Lipinski definition) is 8. The number of hydrogen-bond donors (Lipinski definition) is 3. The van der Waals surface area contributed by atoms with E-state index in [0.717, 1.165) is 4.90 Å². The molecule has 0 unspecified atom stereocenters. The van der Waals surface area contributed by atoms with Crippen LogP contribution in [0.15, 0.2) is 60.9 Å². The molecule has 3 amide bonds. The highest BCUT2D eigenvalue weighted by atomic mass is 19.1. The van der Waals surface area contributed by atoms with E-state index >= 15 is 4.39 Å². The highest BCUT2D eigenvalue weighted by Gasteiger charge is 2.37. The fraction of sp³-hybridized carbons (Fsp3) is 0.276. The summed E-state index contributed by atoms with van der Waals surface area (Å²) < 4.78 is 30.7. The molecule has 42 heavy (non-hydrogen) atoms. The van der Waals surface area contributed by atoms with Crippen LogP contribution in [0.25, 0.3) is 0 Å². The number of rotatable bonds is 11. The molecule has 4 rings (SSSR count). The maximum atomic E-state index is 15.1. The van der Waals surface area contributed by atoms with Crippen molar-refractivity contribution in [2.75, 3.05) is 33.6 Å². The van der Waals surface area contributed by atoms with Crippen LogP contribution in [0.3, 0.4) is 0 Å². The van der Waals surface area contributed by atoms with Gasteiger partial charge >= 0.3 is 6.09 Å². The first-order valence-corrected chi connectivity index (χ1v) is 12.9. The zero-order chi connectivity index (χ0) is 30.2. The Morgan fingerprint density at radius 3 is 2.00 bits per heavy atom. The van der Waals surface area contributed by atoms with E-state index in [4.69, 9.17) is 14.2 Å². The molecule has 2 heterocycles. The van der Waals surface area contributed by atoms with Gasteiger partial charge in [0, 0.05) is 48.8 Å². The van der Waals surface area contributed by atoms with Gasteiger partial charge in [-0.2, -0.15) is 0 Å². The van der Waals surface area contributed by atoms with Gasteiger partial charge in [-0.3, -0.25) is 19.4 Å². The lowest BCUT2D eigenvalue weighted by Gasteiger charge is -2.21. The van der Waals surface area contributed by atoms with E-state index in [9.17, 15) is 24.3 Å². The van der Waals surface area contributed by atoms with Crippen molar-refractivity contribution in [1.29, 1.82) is 0 Å². The number of likely N-dealkylation sites (tertiary alicyclic amines) is 1. The molecule has 12 nitrogen and oxygen atoms in total. The zero-order valence-electron chi connectivity index (χ0n) is 22.8. The number of ketones is 1. The molecule has 2 aromatic carbocycles. The number of carboxylic acid groups (broad SMARTS) is 1. The largest absolute Gasteiger partial charge is 0.494 e. The average molecular weight is 581 g/mol. The van der Waals surface area contributed by atoms with E-state index in [2.05, 4.69) is 15.6 Å². The second kappa shape index (κ2) is 13.5. The molecule has 0 bridgehead atoms. The summed E-state index contributed by atoms with van der Waals surface area (Å²) in [5.41, 5.74) is 0.237. The summed E-state index contributed by atoms with van der Waals surface area (Å²) in [7, 11) is 1.27. The first kappa shape index (κ1) is 29.9. The summed E-state index contributed by atoms with van der Waals surface area (Å²) in [6.07, 6.45) is 1.73. The van der Waals surface area contributed by atoms with Gasteiger partial charge in [0.15, 0.2) is 24.1 Å². The Morgan fingerprint density at radius 1 is 0.905 bits per heavy atom. The summed E-state index contributed by atoms with van der Waals surface area (Å²) >= 11 is 0. The molecule has 2 atom stereocenters. The van der Waals surface area contributed by atoms with Crippen LogP contribution in [-0.4, -0.2) is 84.4 Å². The van der Waals surface area contributed by atoms with Crippen LogP contribution in [0, 0.1) is 5.82 Å². The second-order valence-electron chi connectivity index (χ2n) is 9.20. The molecule has 1 aromatic heterocycles. The van der Waals surface area contributed by atoms with E-state index in [0.29, 0.717) is 12.2 Å². The number of pyridine rings is 1.